The van der Waals surface area contributed by atoms with Crippen LogP contribution < -0.4 is 5.32 Å². The van der Waals surface area contributed by atoms with Gasteiger partial charge >= 0.3 is 0 Å². The molecule has 4 heteroatoms. The molecule has 0 bridgehead atoms. The molecule has 1 amide bonds. The van der Waals surface area contributed by atoms with Crippen molar-refractivity contribution in [3.05, 3.63) is 56.2 Å². The van der Waals surface area contributed by atoms with Crippen molar-refractivity contribution in [1.82, 2.24) is 5.32 Å². The Morgan fingerprint density at radius 3 is 2.47 bits per heavy atom. The number of carbonyl (C=O) groups is 1. The zero-order chi connectivity index (χ0) is 13.8. The second kappa shape index (κ2) is 6.35. The molecule has 100 valence electrons. The standard InChI is InChI=1S/C15H16BrNOS/c1-3-13(11-5-7-12(16)8-6-11)17-15(18)14-9-4-10(2)19-14/h4-9,13H,3H2,1-2H3,(H,17,18). The van der Waals surface area contributed by atoms with Crippen LogP contribution in [0.2, 0.25) is 0 Å². The molecule has 2 aromatic rings. The second-order valence-corrected chi connectivity index (χ2v) is 6.60. The lowest BCUT2D eigenvalue weighted by Crippen LogP contribution is -2.27. The van der Waals surface area contributed by atoms with Crippen molar-refractivity contribution in [3.63, 3.8) is 0 Å². The van der Waals surface area contributed by atoms with Gasteiger partial charge < -0.3 is 5.32 Å². The Hall–Kier alpha value is -1.13. The lowest BCUT2D eigenvalue weighted by atomic mass is 10.0. The zero-order valence-corrected chi connectivity index (χ0v) is 13.3. The normalized spacial score (nSPS) is 12.2. The molecule has 1 aromatic carbocycles. The van der Waals surface area contributed by atoms with E-state index in [4.69, 9.17) is 0 Å². The maximum Gasteiger partial charge on any atom is 0.261 e. The Labute approximate surface area is 126 Å². The minimum atomic E-state index is 0.00729. The fourth-order valence-corrected chi connectivity index (χ4v) is 2.94. The topological polar surface area (TPSA) is 29.1 Å². The number of rotatable bonds is 4. The van der Waals surface area contributed by atoms with E-state index in [-0.39, 0.29) is 11.9 Å². The third-order valence-electron chi connectivity index (χ3n) is 2.95. The minimum absolute atomic E-state index is 0.00729. The summed E-state index contributed by atoms with van der Waals surface area (Å²) < 4.78 is 1.05. The number of nitrogens with one attached hydrogen (secondary N) is 1. The number of hydrogen-bond acceptors (Lipinski definition) is 2. The van der Waals surface area contributed by atoms with E-state index >= 15 is 0 Å². The van der Waals surface area contributed by atoms with Crippen molar-refractivity contribution >= 4 is 33.2 Å². The summed E-state index contributed by atoms with van der Waals surface area (Å²) in [6.07, 6.45) is 0.873. The molecule has 0 saturated carbocycles. The van der Waals surface area contributed by atoms with Gasteiger partial charge in [0.25, 0.3) is 5.91 Å². The first-order chi connectivity index (χ1) is 9.10. The van der Waals surface area contributed by atoms with Gasteiger partial charge in [-0.15, -0.1) is 11.3 Å². The second-order valence-electron chi connectivity index (χ2n) is 4.40. The molecule has 0 radical (unpaired) electrons. The Kier molecular flexibility index (Phi) is 4.77. The molecule has 1 aromatic heterocycles. The number of benzene rings is 1. The summed E-state index contributed by atoms with van der Waals surface area (Å²) in [7, 11) is 0. The van der Waals surface area contributed by atoms with Gasteiger partial charge in [-0.2, -0.15) is 0 Å². The maximum atomic E-state index is 12.2. The SMILES string of the molecule is CCC(NC(=O)c1ccc(C)s1)c1ccc(Br)cc1. The average molecular weight is 338 g/mol. The third kappa shape index (κ3) is 3.67. The van der Waals surface area contributed by atoms with Crippen LogP contribution in [-0.4, -0.2) is 5.91 Å². The van der Waals surface area contributed by atoms with Gasteiger partial charge in [-0.1, -0.05) is 35.0 Å². The Balaban J connectivity index is 2.11. The predicted octanol–water partition coefficient (Wildman–Crippen LogP) is 4.70. The molecule has 0 saturated heterocycles. The Bertz CT molecular complexity index is 562. The largest absolute Gasteiger partial charge is 0.345 e. The zero-order valence-electron chi connectivity index (χ0n) is 10.9. The lowest BCUT2D eigenvalue weighted by molar-refractivity contribution is 0.0939. The van der Waals surface area contributed by atoms with E-state index < -0.39 is 0 Å². The highest BCUT2D eigenvalue weighted by Gasteiger charge is 2.15. The molecule has 1 N–H and O–H groups in total. The monoisotopic (exact) mass is 337 g/mol. The highest BCUT2D eigenvalue weighted by atomic mass is 79.9. The molecule has 0 spiro atoms. The van der Waals surface area contributed by atoms with Gasteiger partial charge in [-0.05, 0) is 43.2 Å². The number of carbonyl (C=O) groups excluding carboxylic acids is 1. The van der Waals surface area contributed by atoms with Crippen LogP contribution in [0.15, 0.2) is 40.9 Å². The van der Waals surface area contributed by atoms with E-state index in [0.29, 0.717) is 0 Å². The van der Waals surface area contributed by atoms with Crippen LogP contribution in [0.1, 0.15) is 39.5 Å². The van der Waals surface area contributed by atoms with Crippen molar-refractivity contribution < 1.29 is 4.79 Å². The number of amides is 1. The maximum absolute atomic E-state index is 12.2. The minimum Gasteiger partial charge on any atom is -0.345 e. The van der Waals surface area contributed by atoms with Crippen molar-refractivity contribution in [2.24, 2.45) is 0 Å². The fraction of sp³-hybridized carbons (Fsp3) is 0.267. The van der Waals surface area contributed by atoms with Gasteiger partial charge in [0.15, 0.2) is 0 Å². The summed E-state index contributed by atoms with van der Waals surface area (Å²) in [5.41, 5.74) is 1.13. The highest BCUT2D eigenvalue weighted by Crippen LogP contribution is 2.21. The van der Waals surface area contributed by atoms with E-state index in [9.17, 15) is 4.79 Å². The van der Waals surface area contributed by atoms with Crippen LogP contribution in [-0.2, 0) is 0 Å². The molecular formula is C15H16BrNOS. The first kappa shape index (κ1) is 14.3. The van der Waals surface area contributed by atoms with Crippen LogP contribution in [0.4, 0.5) is 0 Å². The molecule has 2 rings (SSSR count). The number of halogens is 1. The number of aryl methyl sites for hydroxylation is 1. The molecule has 0 aliphatic carbocycles. The van der Waals surface area contributed by atoms with E-state index in [1.54, 1.807) is 0 Å². The van der Waals surface area contributed by atoms with Gasteiger partial charge in [-0.25, -0.2) is 0 Å². The van der Waals surface area contributed by atoms with Crippen molar-refractivity contribution in [2.75, 3.05) is 0 Å². The summed E-state index contributed by atoms with van der Waals surface area (Å²) in [6, 6.07) is 12.0. The van der Waals surface area contributed by atoms with Gasteiger partial charge in [0.05, 0.1) is 10.9 Å². The molecule has 0 aliphatic rings. The third-order valence-corrected chi connectivity index (χ3v) is 4.48. The molecule has 2 nitrogen and oxygen atoms in total. The molecule has 0 fully saturated rings. The fourth-order valence-electron chi connectivity index (χ4n) is 1.90. The van der Waals surface area contributed by atoms with Crippen LogP contribution >= 0.6 is 27.3 Å². The van der Waals surface area contributed by atoms with Crippen molar-refractivity contribution in [2.45, 2.75) is 26.3 Å². The first-order valence-electron chi connectivity index (χ1n) is 6.23. The van der Waals surface area contributed by atoms with Gasteiger partial charge in [0.1, 0.15) is 0 Å². The molecule has 19 heavy (non-hydrogen) atoms. The summed E-state index contributed by atoms with van der Waals surface area (Å²) in [4.78, 5) is 14.1. The smallest absolute Gasteiger partial charge is 0.261 e. The quantitative estimate of drug-likeness (QED) is 0.860. The van der Waals surface area contributed by atoms with Crippen molar-refractivity contribution in [1.29, 1.82) is 0 Å². The molecule has 0 aliphatic heterocycles. The van der Waals surface area contributed by atoms with E-state index in [2.05, 4.69) is 28.2 Å². The van der Waals surface area contributed by atoms with Gasteiger partial charge in [-0.3, -0.25) is 4.79 Å². The summed E-state index contributed by atoms with van der Waals surface area (Å²) in [6.45, 7) is 4.08. The number of thiophene rings is 1. The van der Waals surface area contributed by atoms with Crippen LogP contribution in [0.5, 0.6) is 0 Å². The Morgan fingerprint density at radius 2 is 1.95 bits per heavy atom. The number of hydrogen-bond donors (Lipinski definition) is 1. The molecule has 1 unspecified atom stereocenters. The average Bonchev–Trinajstić information content (AvgIpc) is 2.84. The van der Waals surface area contributed by atoms with Gasteiger partial charge in [0.2, 0.25) is 0 Å². The van der Waals surface area contributed by atoms with E-state index in [1.165, 1.54) is 11.3 Å². The van der Waals surface area contributed by atoms with Gasteiger partial charge in [0, 0.05) is 9.35 Å². The van der Waals surface area contributed by atoms with Crippen molar-refractivity contribution in [3.8, 4) is 0 Å². The Morgan fingerprint density at radius 1 is 1.26 bits per heavy atom. The van der Waals surface area contributed by atoms with E-state index in [0.717, 1.165) is 26.2 Å². The predicted molar refractivity (Wildman–Crippen MR) is 83.7 cm³/mol. The van der Waals surface area contributed by atoms with Crippen LogP contribution in [0, 0.1) is 6.92 Å². The summed E-state index contributed by atoms with van der Waals surface area (Å²) >= 11 is 4.95. The van der Waals surface area contributed by atoms with Crippen LogP contribution in [0.25, 0.3) is 0 Å². The molecule has 1 atom stereocenters. The lowest BCUT2D eigenvalue weighted by Gasteiger charge is -2.17. The molecule has 1 heterocycles. The summed E-state index contributed by atoms with van der Waals surface area (Å²) in [5.74, 6) is 0.00729. The first-order valence-corrected chi connectivity index (χ1v) is 7.84. The highest BCUT2D eigenvalue weighted by molar-refractivity contribution is 9.10. The molecular weight excluding hydrogens is 322 g/mol. The van der Waals surface area contributed by atoms with E-state index in [1.807, 2.05) is 43.3 Å². The summed E-state index contributed by atoms with van der Waals surface area (Å²) in [5, 5.41) is 3.09. The van der Waals surface area contributed by atoms with Crippen LogP contribution in [0.3, 0.4) is 0 Å².